The van der Waals surface area contributed by atoms with E-state index in [-0.39, 0.29) is 24.1 Å². The quantitative estimate of drug-likeness (QED) is 0.670. The van der Waals surface area contributed by atoms with Crippen LogP contribution in [0.3, 0.4) is 0 Å². The second-order valence-electron chi connectivity index (χ2n) is 4.56. The second-order valence-corrected chi connectivity index (χ2v) is 4.56. The first-order valence-corrected chi connectivity index (χ1v) is 6.50. The molecule has 0 radical (unpaired) electrons. The molecule has 0 bridgehead atoms. The molecule has 1 atom stereocenters. The van der Waals surface area contributed by atoms with Gasteiger partial charge in [0.25, 0.3) is 5.91 Å². The van der Waals surface area contributed by atoms with Crippen LogP contribution in [0.2, 0.25) is 0 Å². The summed E-state index contributed by atoms with van der Waals surface area (Å²) in [5, 5.41) is 5.18. The van der Waals surface area contributed by atoms with Crippen LogP contribution in [-0.2, 0) is 9.53 Å². The smallest absolute Gasteiger partial charge is 0.253 e. The first-order valence-electron chi connectivity index (χ1n) is 6.50. The molecule has 0 aliphatic carbocycles. The number of aromatic amines is 1. The average molecular weight is 279 g/mol. The van der Waals surface area contributed by atoms with Gasteiger partial charge in [-0.2, -0.15) is 0 Å². The number of carbonyl (C=O) groups is 2. The number of carbonyl (C=O) groups excluding carboxylic acids is 2. The third-order valence-corrected chi connectivity index (χ3v) is 3.01. The summed E-state index contributed by atoms with van der Waals surface area (Å²) in [4.78, 5) is 36.5. The van der Waals surface area contributed by atoms with Gasteiger partial charge in [0.05, 0.1) is 18.2 Å². The molecule has 1 fully saturated rings. The SMILES string of the molecule is O=C(CNC(=O)c1ccc(=O)[nH]c1)NCC1CCCO1. The van der Waals surface area contributed by atoms with Gasteiger partial charge < -0.3 is 20.4 Å². The first kappa shape index (κ1) is 14.3. The van der Waals surface area contributed by atoms with Gasteiger partial charge in [-0.15, -0.1) is 0 Å². The van der Waals surface area contributed by atoms with Crippen molar-refractivity contribution in [3.63, 3.8) is 0 Å². The van der Waals surface area contributed by atoms with E-state index >= 15 is 0 Å². The second kappa shape index (κ2) is 6.85. The molecule has 0 aromatic carbocycles. The molecule has 2 heterocycles. The largest absolute Gasteiger partial charge is 0.376 e. The van der Waals surface area contributed by atoms with E-state index in [1.165, 1.54) is 18.3 Å². The van der Waals surface area contributed by atoms with Crippen LogP contribution in [0.25, 0.3) is 0 Å². The Balaban J connectivity index is 1.70. The number of nitrogens with one attached hydrogen (secondary N) is 3. The summed E-state index contributed by atoms with van der Waals surface area (Å²) in [6.07, 6.45) is 3.35. The van der Waals surface area contributed by atoms with E-state index in [4.69, 9.17) is 4.74 Å². The van der Waals surface area contributed by atoms with Crippen LogP contribution >= 0.6 is 0 Å². The van der Waals surface area contributed by atoms with Gasteiger partial charge in [0.15, 0.2) is 0 Å². The summed E-state index contributed by atoms with van der Waals surface area (Å²) in [5.74, 6) is -0.674. The maximum Gasteiger partial charge on any atom is 0.253 e. The standard InChI is InChI=1S/C13H17N3O4/c17-11-4-3-9(6-14-11)13(19)16-8-12(18)15-7-10-2-1-5-20-10/h3-4,6,10H,1-2,5,7-8H2,(H,14,17)(H,15,18)(H,16,19). The molecule has 1 aliphatic rings. The summed E-state index contributed by atoms with van der Waals surface area (Å²) in [7, 11) is 0. The molecule has 1 unspecified atom stereocenters. The summed E-state index contributed by atoms with van der Waals surface area (Å²) in [5.41, 5.74) is 0.0207. The van der Waals surface area contributed by atoms with E-state index < -0.39 is 5.91 Å². The molecule has 2 rings (SSSR count). The predicted octanol–water partition coefficient (Wildman–Crippen LogP) is -0.600. The highest BCUT2D eigenvalue weighted by Crippen LogP contribution is 2.10. The molecule has 1 saturated heterocycles. The Hall–Kier alpha value is -2.15. The maximum absolute atomic E-state index is 11.7. The zero-order chi connectivity index (χ0) is 14.4. The van der Waals surface area contributed by atoms with Gasteiger partial charge in [-0.3, -0.25) is 14.4 Å². The number of hydrogen-bond acceptors (Lipinski definition) is 4. The number of aromatic nitrogens is 1. The zero-order valence-corrected chi connectivity index (χ0v) is 11.0. The first-order chi connectivity index (χ1) is 9.65. The van der Waals surface area contributed by atoms with Gasteiger partial charge in [-0.25, -0.2) is 0 Å². The molecule has 108 valence electrons. The monoisotopic (exact) mass is 279 g/mol. The number of ether oxygens (including phenoxy) is 1. The maximum atomic E-state index is 11.7. The van der Waals surface area contributed by atoms with E-state index in [1.54, 1.807) is 0 Å². The molecule has 1 aliphatic heterocycles. The van der Waals surface area contributed by atoms with Crippen molar-refractivity contribution in [2.45, 2.75) is 18.9 Å². The summed E-state index contributed by atoms with van der Waals surface area (Å²) >= 11 is 0. The third kappa shape index (κ3) is 4.20. The van der Waals surface area contributed by atoms with Crippen molar-refractivity contribution in [1.29, 1.82) is 0 Å². The van der Waals surface area contributed by atoms with Crippen LogP contribution in [0.1, 0.15) is 23.2 Å². The van der Waals surface area contributed by atoms with E-state index in [0.29, 0.717) is 12.1 Å². The van der Waals surface area contributed by atoms with Crippen molar-refractivity contribution >= 4 is 11.8 Å². The lowest BCUT2D eigenvalue weighted by Gasteiger charge is -2.11. The fourth-order valence-corrected chi connectivity index (χ4v) is 1.91. The van der Waals surface area contributed by atoms with Crippen LogP contribution in [0.5, 0.6) is 0 Å². The molecule has 7 nitrogen and oxygen atoms in total. The zero-order valence-electron chi connectivity index (χ0n) is 11.0. The van der Waals surface area contributed by atoms with Crippen molar-refractivity contribution in [2.24, 2.45) is 0 Å². The molecule has 20 heavy (non-hydrogen) atoms. The lowest BCUT2D eigenvalue weighted by Crippen LogP contribution is -2.40. The molecule has 7 heteroatoms. The molecule has 1 aromatic heterocycles. The topological polar surface area (TPSA) is 100 Å². The minimum Gasteiger partial charge on any atom is -0.376 e. The molecule has 0 saturated carbocycles. The Kier molecular flexibility index (Phi) is 4.89. The van der Waals surface area contributed by atoms with Gasteiger partial charge >= 0.3 is 0 Å². The minimum atomic E-state index is -0.409. The highest BCUT2D eigenvalue weighted by Gasteiger charge is 2.16. The molecule has 1 aromatic rings. The van der Waals surface area contributed by atoms with E-state index in [1.807, 2.05) is 0 Å². The minimum absolute atomic E-state index is 0.0776. The van der Waals surface area contributed by atoms with E-state index in [2.05, 4.69) is 15.6 Å². The summed E-state index contributed by atoms with van der Waals surface area (Å²) in [6, 6.07) is 2.66. The van der Waals surface area contributed by atoms with Crippen molar-refractivity contribution < 1.29 is 14.3 Å². The molecular formula is C13H17N3O4. The number of hydrogen-bond donors (Lipinski definition) is 3. The highest BCUT2D eigenvalue weighted by atomic mass is 16.5. The van der Waals surface area contributed by atoms with Gasteiger partial charge in [-0.05, 0) is 18.9 Å². The number of H-pyrrole nitrogens is 1. The Labute approximate surface area is 115 Å². The lowest BCUT2D eigenvalue weighted by molar-refractivity contribution is -0.120. The number of rotatable bonds is 5. The Bertz CT molecular complexity index is 514. The average Bonchev–Trinajstić information content (AvgIpc) is 2.96. The highest BCUT2D eigenvalue weighted by molar-refractivity contribution is 5.96. The third-order valence-electron chi connectivity index (χ3n) is 3.01. The van der Waals surface area contributed by atoms with Crippen LogP contribution in [0.15, 0.2) is 23.1 Å². The van der Waals surface area contributed by atoms with Crippen LogP contribution in [-0.4, -0.2) is 42.6 Å². The Morgan fingerprint density at radius 3 is 2.85 bits per heavy atom. The molecule has 3 N–H and O–H groups in total. The van der Waals surface area contributed by atoms with Crippen molar-refractivity contribution in [3.8, 4) is 0 Å². The summed E-state index contributed by atoms with van der Waals surface area (Å²) in [6.45, 7) is 1.10. The molecular weight excluding hydrogens is 262 g/mol. The van der Waals surface area contributed by atoms with E-state index in [0.717, 1.165) is 19.4 Å². The predicted molar refractivity (Wildman–Crippen MR) is 71.4 cm³/mol. The van der Waals surface area contributed by atoms with Gasteiger partial charge in [0.2, 0.25) is 11.5 Å². The summed E-state index contributed by atoms with van der Waals surface area (Å²) < 4.78 is 5.37. The van der Waals surface area contributed by atoms with Gasteiger partial charge in [0.1, 0.15) is 0 Å². The van der Waals surface area contributed by atoms with Crippen LogP contribution in [0.4, 0.5) is 0 Å². The number of pyridine rings is 1. The van der Waals surface area contributed by atoms with Crippen LogP contribution < -0.4 is 16.2 Å². The Morgan fingerprint density at radius 2 is 2.20 bits per heavy atom. The normalized spacial score (nSPS) is 17.7. The fraction of sp³-hybridized carbons (Fsp3) is 0.462. The van der Waals surface area contributed by atoms with Crippen molar-refractivity contribution in [3.05, 3.63) is 34.2 Å². The van der Waals surface area contributed by atoms with Gasteiger partial charge in [-0.1, -0.05) is 0 Å². The number of amides is 2. The Morgan fingerprint density at radius 1 is 1.35 bits per heavy atom. The van der Waals surface area contributed by atoms with Crippen molar-refractivity contribution in [1.82, 2.24) is 15.6 Å². The molecule has 2 amide bonds. The fourth-order valence-electron chi connectivity index (χ4n) is 1.91. The van der Waals surface area contributed by atoms with Gasteiger partial charge in [0, 0.05) is 25.4 Å². The van der Waals surface area contributed by atoms with Crippen molar-refractivity contribution in [2.75, 3.05) is 19.7 Å². The lowest BCUT2D eigenvalue weighted by atomic mass is 10.2. The van der Waals surface area contributed by atoms with Crippen LogP contribution in [0, 0.1) is 0 Å². The van der Waals surface area contributed by atoms with E-state index in [9.17, 15) is 14.4 Å². The molecule has 0 spiro atoms.